The number of aliphatic carboxylic acids is 1. The van der Waals surface area contributed by atoms with Crippen LogP contribution in [0.1, 0.15) is 65.9 Å². The quantitative estimate of drug-likeness (QED) is 0.681. The largest absolute Gasteiger partial charge is 0.478 e. The van der Waals surface area contributed by atoms with Gasteiger partial charge in [-0.3, -0.25) is 0 Å². The average molecular weight is 306 g/mol. The molecule has 124 valence electrons. The highest BCUT2D eigenvalue weighted by atomic mass is 16.5. The Balaban J connectivity index is 2.56. The highest BCUT2D eigenvalue weighted by molar-refractivity contribution is 5.76. The van der Waals surface area contributed by atoms with Crippen molar-refractivity contribution < 1.29 is 14.6 Å². The molecule has 0 atom stereocenters. The number of carboxylic acids is 1. The zero-order valence-electron chi connectivity index (χ0n) is 14.6. The second kappa shape index (κ2) is 7.66. The number of ether oxygens (including phenoxy) is 1. The third-order valence-corrected chi connectivity index (χ3v) is 3.73. The van der Waals surface area contributed by atoms with E-state index in [0.29, 0.717) is 11.2 Å². The van der Waals surface area contributed by atoms with E-state index < -0.39 is 11.6 Å². The smallest absolute Gasteiger partial charge is 0.347 e. The summed E-state index contributed by atoms with van der Waals surface area (Å²) in [5.74, 6) is -0.266. The monoisotopic (exact) mass is 306 g/mol. The van der Waals surface area contributed by atoms with Gasteiger partial charge in [-0.05, 0) is 50.2 Å². The van der Waals surface area contributed by atoms with Crippen LogP contribution in [0.4, 0.5) is 0 Å². The van der Waals surface area contributed by atoms with Gasteiger partial charge in [0.2, 0.25) is 0 Å². The molecule has 3 nitrogen and oxygen atoms in total. The van der Waals surface area contributed by atoms with Crippen molar-refractivity contribution in [2.45, 2.75) is 72.3 Å². The van der Waals surface area contributed by atoms with Gasteiger partial charge in [0.1, 0.15) is 5.75 Å². The van der Waals surface area contributed by atoms with Crippen molar-refractivity contribution in [1.29, 1.82) is 0 Å². The van der Waals surface area contributed by atoms with E-state index in [1.807, 2.05) is 24.3 Å². The standard InChI is InChI=1S/C19H30O3/c1-18(2,3)14-10-6-7-11-15-12-8-9-13-16(15)22-19(4,5)17(20)21/h8-9,12-13H,6-7,10-11,14H2,1-5H3,(H,20,21). The molecule has 1 N–H and O–H groups in total. The lowest BCUT2D eigenvalue weighted by molar-refractivity contribution is -0.152. The summed E-state index contributed by atoms with van der Waals surface area (Å²) in [5, 5.41) is 9.19. The predicted octanol–water partition coefficient (Wildman–Crippen LogP) is 5.08. The molecule has 0 aromatic heterocycles. The molecule has 0 radical (unpaired) electrons. The Morgan fingerprint density at radius 1 is 1.05 bits per heavy atom. The number of hydrogen-bond acceptors (Lipinski definition) is 2. The third kappa shape index (κ3) is 6.50. The molecule has 0 unspecified atom stereocenters. The van der Waals surface area contributed by atoms with Crippen LogP contribution in [0.15, 0.2) is 24.3 Å². The van der Waals surface area contributed by atoms with Gasteiger partial charge in [0, 0.05) is 0 Å². The fourth-order valence-electron chi connectivity index (χ4n) is 2.28. The average Bonchev–Trinajstić information content (AvgIpc) is 2.38. The van der Waals surface area contributed by atoms with Gasteiger partial charge in [-0.15, -0.1) is 0 Å². The first-order chi connectivity index (χ1) is 10.1. The number of para-hydroxylation sites is 1. The van der Waals surface area contributed by atoms with Gasteiger partial charge in [-0.2, -0.15) is 0 Å². The Morgan fingerprint density at radius 2 is 1.68 bits per heavy atom. The molecule has 0 aliphatic rings. The maximum Gasteiger partial charge on any atom is 0.347 e. The van der Waals surface area contributed by atoms with Gasteiger partial charge >= 0.3 is 5.97 Å². The third-order valence-electron chi connectivity index (χ3n) is 3.73. The van der Waals surface area contributed by atoms with E-state index in [1.54, 1.807) is 13.8 Å². The highest BCUT2D eigenvalue weighted by Crippen LogP contribution is 2.26. The number of rotatable bonds is 8. The molecule has 1 rings (SSSR count). The number of aryl methyl sites for hydroxylation is 1. The van der Waals surface area contributed by atoms with E-state index in [2.05, 4.69) is 20.8 Å². The Labute approximate surface area is 134 Å². The molecule has 22 heavy (non-hydrogen) atoms. The first-order valence-electron chi connectivity index (χ1n) is 8.12. The molecule has 0 fully saturated rings. The number of carbonyl (C=O) groups is 1. The molecule has 1 aromatic rings. The first kappa shape index (κ1) is 18.5. The van der Waals surface area contributed by atoms with E-state index in [-0.39, 0.29) is 0 Å². The maximum atomic E-state index is 11.2. The molecule has 0 spiro atoms. The van der Waals surface area contributed by atoms with Crippen LogP contribution in [0.2, 0.25) is 0 Å². The lowest BCUT2D eigenvalue weighted by Gasteiger charge is -2.23. The van der Waals surface area contributed by atoms with Crippen LogP contribution in [0, 0.1) is 5.41 Å². The highest BCUT2D eigenvalue weighted by Gasteiger charge is 2.30. The fourth-order valence-corrected chi connectivity index (χ4v) is 2.28. The van der Waals surface area contributed by atoms with Crippen molar-refractivity contribution in [2.75, 3.05) is 0 Å². The van der Waals surface area contributed by atoms with E-state index in [1.165, 1.54) is 19.3 Å². The van der Waals surface area contributed by atoms with Crippen molar-refractivity contribution >= 4 is 5.97 Å². The summed E-state index contributed by atoms with van der Waals surface area (Å²) in [6.07, 6.45) is 5.68. The lowest BCUT2D eigenvalue weighted by atomic mass is 9.89. The van der Waals surface area contributed by atoms with Gasteiger partial charge in [-0.25, -0.2) is 4.79 Å². The second-order valence-corrected chi connectivity index (χ2v) is 7.65. The predicted molar refractivity (Wildman–Crippen MR) is 90.4 cm³/mol. The molecule has 0 amide bonds. The molecule has 0 aliphatic heterocycles. The topological polar surface area (TPSA) is 46.5 Å². The minimum absolute atomic E-state index is 0.395. The molecule has 3 heteroatoms. The number of hydrogen-bond donors (Lipinski definition) is 1. The summed E-state index contributed by atoms with van der Waals surface area (Å²) < 4.78 is 5.71. The maximum absolute atomic E-state index is 11.2. The summed E-state index contributed by atoms with van der Waals surface area (Å²) in [6.45, 7) is 9.96. The van der Waals surface area contributed by atoms with Crippen molar-refractivity contribution in [1.82, 2.24) is 0 Å². The first-order valence-corrected chi connectivity index (χ1v) is 8.12. The normalized spacial score (nSPS) is 12.2. The van der Waals surface area contributed by atoms with Crippen molar-refractivity contribution in [3.63, 3.8) is 0 Å². The Kier molecular flexibility index (Phi) is 6.46. The van der Waals surface area contributed by atoms with Crippen LogP contribution in [-0.4, -0.2) is 16.7 Å². The number of unbranched alkanes of at least 4 members (excludes halogenated alkanes) is 2. The van der Waals surface area contributed by atoms with Crippen LogP contribution in [-0.2, 0) is 11.2 Å². The molecular weight excluding hydrogens is 276 g/mol. The second-order valence-electron chi connectivity index (χ2n) is 7.65. The van der Waals surface area contributed by atoms with Crippen LogP contribution >= 0.6 is 0 Å². The molecule has 0 saturated carbocycles. The van der Waals surface area contributed by atoms with Crippen molar-refractivity contribution in [3.8, 4) is 5.75 Å². The SMILES string of the molecule is CC(C)(C)CCCCCc1ccccc1OC(C)(C)C(=O)O. The zero-order chi connectivity index (χ0) is 16.8. The lowest BCUT2D eigenvalue weighted by Crippen LogP contribution is -2.38. The molecule has 1 aromatic carbocycles. The summed E-state index contributed by atoms with van der Waals surface area (Å²) in [5.41, 5.74) is 0.280. The molecule has 0 saturated heterocycles. The molecule has 0 aliphatic carbocycles. The summed E-state index contributed by atoms with van der Waals surface area (Å²) in [4.78, 5) is 11.2. The van der Waals surface area contributed by atoms with Gasteiger partial charge in [0.25, 0.3) is 0 Å². The minimum Gasteiger partial charge on any atom is -0.478 e. The summed E-state index contributed by atoms with van der Waals surface area (Å²) >= 11 is 0. The van der Waals surface area contributed by atoms with Gasteiger partial charge < -0.3 is 9.84 Å². The van der Waals surface area contributed by atoms with Crippen LogP contribution in [0.3, 0.4) is 0 Å². The summed E-state index contributed by atoms with van der Waals surface area (Å²) in [7, 11) is 0. The van der Waals surface area contributed by atoms with Gasteiger partial charge in [-0.1, -0.05) is 51.8 Å². The number of benzene rings is 1. The Hall–Kier alpha value is -1.51. The van der Waals surface area contributed by atoms with Gasteiger partial charge in [0.15, 0.2) is 5.60 Å². The fraction of sp³-hybridized carbons (Fsp3) is 0.632. The molecule has 0 heterocycles. The Bertz CT molecular complexity index is 484. The van der Waals surface area contributed by atoms with Crippen LogP contribution < -0.4 is 4.74 Å². The summed E-state index contributed by atoms with van der Waals surface area (Å²) in [6, 6.07) is 7.74. The van der Waals surface area contributed by atoms with E-state index in [9.17, 15) is 9.90 Å². The van der Waals surface area contributed by atoms with Crippen molar-refractivity contribution in [2.24, 2.45) is 5.41 Å². The van der Waals surface area contributed by atoms with E-state index >= 15 is 0 Å². The van der Waals surface area contributed by atoms with Crippen LogP contribution in [0.25, 0.3) is 0 Å². The van der Waals surface area contributed by atoms with Crippen molar-refractivity contribution in [3.05, 3.63) is 29.8 Å². The minimum atomic E-state index is -1.21. The number of carboxylic acid groups (broad SMARTS) is 1. The molecular formula is C19H30O3. The van der Waals surface area contributed by atoms with E-state index in [0.717, 1.165) is 18.4 Å². The van der Waals surface area contributed by atoms with Crippen LogP contribution in [0.5, 0.6) is 5.75 Å². The Morgan fingerprint density at radius 3 is 2.27 bits per heavy atom. The van der Waals surface area contributed by atoms with Gasteiger partial charge in [0.05, 0.1) is 0 Å². The van der Waals surface area contributed by atoms with E-state index in [4.69, 9.17) is 4.74 Å². The molecule has 0 bridgehead atoms. The zero-order valence-corrected chi connectivity index (χ0v) is 14.6.